The molecule has 1 aliphatic rings. The third kappa shape index (κ3) is 4.70. The van der Waals surface area contributed by atoms with Crippen molar-refractivity contribution in [3.63, 3.8) is 0 Å². The predicted octanol–water partition coefficient (Wildman–Crippen LogP) is 2.25. The highest BCUT2D eigenvalue weighted by Gasteiger charge is 2.39. The molecule has 25 heavy (non-hydrogen) atoms. The summed E-state index contributed by atoms with van der Waals surface area (Å²) in [4.78, 5) is 13.8. The van der Waals surface area contributed by atoms with Gasteiger partial charge in [-0.2, -0.15) is 0 Å². The van der Waals surface area contributed by atoms with Crippen molar-refractivity contribution >= 4 is 5.91 Å². The lowest BCUT2D eigenvalue weighted by Gasteiger charge is -2.23. The first-order chi connectivity index (χ1) is 12.0. The molecule has 1 heterocycles. The number of benzene rings is 2. The summed E-state index contributed by atoms with van der Waals surface area (Å²) in [5.41, 5.74) is -1.14. The summed E-state index contributed by atoms with van der Waals surface area (Å²) in [6.45, 7) is 0.518. The van der Waals surface area contributed by atoms with E-state index in [1.54, 1.807) is 29.2 Å². The highest BCUT2D eigenvalue weighted by Crippen LogP contribution is 2.23. The predicted molar refractivity (Wildman–Crippen MR) is 90.0 cm³/mol. The Labute approximate surface area is 145 Å². The van der Waals surface area contributed by atoms with Gasteiger partial charge in [-0.3, -0.25) is 4.79 Å². The van der Waals surface area contributed by atoms with Crippen molar-refractivity contribution in [2.24, 2.45) is 0 Å². The summed E-state index contributed by atoms with van der Waals surface area (Å²) in [6, 6.07) is 14.8. The second-order valence-corrected chi connectivity index (χ2v) is 6.14. The van der Waals surface area contributed by atoms with E-state index in [-0.39, 0.29) is 25.7 Å². The van der Waals surface area contributed by atoms with Gasteiger partial charge in [-0.05, 0) is 30.7 Å². The number of ether oxygens (including phenoxy) is 2. The minimum absolute atomic E-state index is 0.000222. The number of nitrogens with zero attached hydrogens (tertiary/aromatic N) is 1. The number of aliphatic hydroxyl groups is 1. The number of rotatable bonds is 6. The number of likely N-dealkylation sites (tertiary alicyclic amines) is 1. The molecule has 2 aromatic rings. The zero-order chi connectivity index (χ0) is 17.7. The van der Waals surface area contributed by atoms with E-state index in [4.69, 9.17) is 9.47 Å². The lowest BCUT2D eigenvalue weighted by molar-refractivity contribution is -0.133. The zero-order valence-electron chi connectivity index (χ0n) is 13.7. The molecule has 0 aromatic heterocycles. The van der Waals surface area contributed by atoms with E-state index in [0.717, 1.165) is 0 Å². The molecule has 0 spiro atoms. The summed E-state index contributed by atoms with van der Waals surface area (Å²) >= 11 is 0. The van der Waals surface area contributed by atoms with E-state index >= 15 is 0 Å². The topological polar surface area (TPSA) is 59.0 Å². The van der Waals surface area contributed by atoms with Gasteiger partial charge in [0.1, 0.15) is 29.5 Å². The maximum Gasteiger partial charge on any atom is 0.260 e. The van der Waals surface area contributed by atoms with Crippen LogP contribution >= 0.6 is 0 Å². The van der Waals surface area contributed by atoms with Crippen molar-refractivity contribution < 1.29 is 23.8 Å². The third-order valence-electron chi connectivity index (χ3n) is 4.09. The van der Waals surface area contributed by atoms with E-state index < -0.39 is 11.4 Å². The Hall–Kier alpha value is -2.60. The smallest absolute Gasteiger partial charge is 0.260 e. The van der Waals surface area contributed by atoms with Crippen LogP contribution in [0.25, 0.3) is 0 Å². The fourth-order valence-electron chi connectivity index (χ4n) is 2.71. The molecule has 2 aromatic carbocycles. The van der Waals surface area contributed by atoms with Crippen molar-refractivity contribution in [2.45, 2.75) is 12.0 Å². The fraction of sp³-hybridized carbons (Fsp3) is 0.316. The molecule has 1 atom stereocenters. The standard InChI is InChI=1S/C19H20FNO4/c20-15-5-4-8-17(11-15)25-14-19(23)9-10-21(13-19)18(22)12-24-16-6-2-1-3-7-16/h1-8,11,23H,9-10,12-14H2. The molecule has 1 amide bonds. The van der Waals surface area contributed by atoms with Crippen LogP contribution in [-0.2, 0) is 4.79 Å². The van der Waals surface area contributed by atoms with Crippen LogP contribution in [0, 0.1) is 5.82 Å². The van der Waals surface area contributed by atoms with Gasteiger partial charge in [-0.15, -0.1) is 0 Å². The SMILES string of the molecule is O=C(COc1ccccc1)N1CCC(O)(COc2cccc(F)c2)C1. The average Bonchev–Trinajstić information content (AvgIpc) is 3.02. The second kappa shape index (κ2) is 7.53. The number of amides is 1. The largest absolute Gasteiger partial charge is 0.490 e. The Morgan fingerprint density at radius 3 is 2.64 bits per heavy atom. The van der Waals surface area contributed by atoms with Gasteiger partial charge in [0.15, 0.2) is 6.61 Å². The Morgan fingerprint density at radius 2 is 1.88 bits per heavy atom. The van der Waals surface area contributed by atoms with E-state index in [2.05, 4.69) is 0 Å². The lowest BCUT2D eigenvalue weighted by atomic mass is 10.1. The first-order valence-electron chi connectivity index (χ1n) is 8.10. The van der Waals surface area contributed by atoms with Crippen LogP contribution in [0.4, 0.5) is 4.39 Å². The van der Waals surface area contributed by atoms with Gasteiger partial charge in [0, 0.05) is 12.6 Å². The summed E-state index contributed by atoms with van der Waals surface area (Å²) < 4.78 is 24.1. The third-order valence-corrected chi connectivity index (χ3v) is 4.09. The van der Waals surface area contributed by atoms with Crippen LogP contribution in [0.1, 0.15) is 6.42 Å². The van der Waals surface area contributed by atoms with Gasteiger partial charge >= 0.3 is 0 Å². The van der Waals surface area contributed by atoms with Gasteiger partial charge in [0.2, 0.25) is 0 Å². The van der Waals surface area contributed by atoms with E-state index in [9.17, 15) is 14.3 Å². The number of para-hydroxylation sites is 1. The summed E-state index contributed by atoms with van der Waals surface area (Å²) in [5.74, 6) is 0.390. The molecular formula is C19H20FNO4. The van der Waals surface area contributed by atoms with Gasteiger partial charge in [-0.25, -0.2) is 4.39 Å². The molecular weight excluding hydrogens is 325 g/mol. The second-order valence-electron chi connectivity index (χ2n) is 6.14. The molecule has 0 radical (unpaired) electrons. The van der Waals surface area contributed by atoms with Crippen molar-refractivity contribution in [1.29, 1.82) is 0 Å². The highest BCUT2D eigenvalue weighted by atomic mass is 19.1. The molecule has 1 unspecified atom stereocenters. The van der Waals surface area contributed by atoms with E-state index in [1.807, 2.05) is 18.2 Å². The Bertz CT molecular complexity index is 724. The fourth-order valence-corrected chi connectivity index (χ4v) is 2.71. The van der Waals surface area contributed by atoms with Crippen LogP contribution in [0.5, 0.6) is 11.5 Å². The van der Waals surface area contributed by atoms with Gasteiger partial charge in [0.25, 0.3) is 5.91 Å². The van der Waals surface area contributed by atoms with Crippen LogP contribution in [0.2, 0.25) is 0 Å². The molecule has 0 aliphatic carbocycles. The molecule has 1 N–H and O–H groups in total. The van der Waals surface area contributed by atoms with Crippen LogP contribution in [-0.4, -0.2) is 47.8 Å². The number of hydrogen-bond donors (Lipinski definition) is 1. The number of halogens is 1. The molecule has 5 nitrogen and oxygen atoms in total. The minimum Gasteiger partial charge on any atom is -0.490 e. The molecule has 0 saturated carbocycles. The maximum atomic E-state index is 13.1. The zero-order valence-corrected chi connectivity index (χ0v) is 13.7. The van der Waals surface area contributed by atoms with Gasteiger partial charge < -0.3 is 19.5 Å². The van der Waals surface area contributed by atoms with Crippen molar-refractivity contribution in [3.8, 4) is 11.5 Å². The van der Waals surface area contributed by atoms with Gasteiger partial charge in [-0.1, -0.05) is 24.3 Å². The normalized spacial score (nSPS) is 19.7. The first kappa shape index (κ1) is 17.2. The highest BCUT2D eigenvalue weighted by molar-refractivity contribution is 5.78. The molecule has 1 aliphatic heterocycles. The minimum atomic E-state index is -1.14. The number of carbonyl (C=O) groups excluding carboxylic acids is 1. The summed E-state index contributed by atoms with van der Waals surface area (Å²) in [5, 5.41) is 10.6. The first-order valence-corrected chi connectivity index (χ1v) is 8.10. The van der Waals surface area contributed by atoms with Crippen LogP contribution < -0.4 is 9.47 Å². The lowest BCUT2D eigenvalue weighted by Crippen LogP contribution is -2.41. The van der Waals surface area contributed by atoms with E-state index in [1.165, 1.54) is 12.1 Å². The summed E-state index contributed by atoms with van der Waals surface area (Å²) in [7, 11) is 0. The monoisotopic (exact) mass is 345 g/mol. The van der Waals surface area contributed by atoms with E-state index in [0.29, 0.717) is 24.5 Å². The Kier molecular flexibility index (Phi) is 5.19. The van der Waals surface area contributed by atoms with Crippen molar-refractivity contribution in [1.82, 2.24) is 4.90 Å². The van der Waals surface area contributed by atoms with Crippen molar-refractivity contribution in [3.05, 3.63) is 60.4 Å². The Balaban J connectivity index is 1.49. The Morgan fingerprint density at radius 1 is 1.12 bits per heavy atom. The van der Waals surface area contributed by atoms with Crippen LogP contribution in [0.3, 0.4) is 0 Å². The molecule has 6 heteroatoms. The molecule has 1 fully saturated rings. The number of hydrogen-bond acceptors (Lipinski definition) is 4. The maximum absolute atomic E-state index is 13.1. The number of β-amino-alcohol motifs (C(OH)–C–C–N with tert-alkyl or cyclic N) is 1. The quantitative estimate of drug-likeness (QED) is 0.872. The van der Waals surface area contributed by atoms with Crippen LogP contribution in [0.15, 0.2) is 54.6 Å². The molecule has 1 saturated heterocycles. The molecule has 0 bridgehead atoms. The summed E-state index contributed by atoms with van der Waals surface area (Å²) in [6.07, 6.45) is 0.402. The number of carbonyl (C=O) groups is 1. The molecule has 132 valence electrons. The average molecular weight is 345 g/mol. The van der Waals surface area contributed by atoms with Crippen molar-refractivity contribution in [2.75, 3.05) is 26.3 Å². The molecule has 3 rings (SSSR count). The van der Waals surface area contributed by atoms with Gasteiger partial charge in [0.05, 0.1) is 6.54 Å².